The maximum atomic E-state index is 11.5. The lowest BCUT2D eigenvalue weighted by molar-refractivity contribution is -0.512. The van der Waals surface area contributed by atoms with E-state index in [-0.39, 0.29) is 11.4 Å². The Labute approximate surface area is 130 Å². The van der Waals surface area contributed by atoms with E-state index in [1.807, 2.05) is 0 Å². The fraction of sp³-hybridized carbons (Fsp3) is 0.133. The van der Waals surface area contributed by atoms with E-state index in [0.717, 1.165) is 0 Å². The quantitative estimate of drug-likeness (QED) is 0.637. The highest BCUT2D eigenvalue weighted by Gasteiger charge is 2.45. The second-order valence-electron chi connectivity index (χ2n) is 4.95. The number of nitro benzene ring substituents is 1. The largest absolute Gasteiger partial charge is 0.379 e. The van der Waals surface area contributed by atoms with Gasteiger partial charge < -0.3 is 4.84 Å². The summed E-state index contributed by atoms with van der Waals surface area (Å²) in [5.74, 6) is 0. The lowest BCUT2D eigenvalue weighted by Crippen LogP contribution is -2.32. The molecule has 8 heteroatoms. The van der Waals surface area contributed by atoms with Gasteiger partial charge in [0.15, 0.2) is 5.71 Å². The molecule has 0 saturated heterocycles. The van der Waals surface area contributed by atoms with Crippen molar-refractivity contribution in [2.75, 3.05) is 0 Å². The van der Waals surface area contributed by atoms with E-state index in [0.29, 0.717) is 11.1 Å². The van der Waals surface area contributed by atoms with Crippen LogP contribution in [-0.2, 0) is 4.84 Å². The molecule has 23 heavy (non-hydrogen) atoms. The minimum atomic E-state index is -1.17. The Hall–Kier alpha value is -3.29. The number of nitrogens with zero attached hydrogens (tertiary/aromatic N) is 3. The maximum Gasteiger partial charge on any atom is 0.301 e. The van der Waals surface area contributed by atoms with E-state index in [2.05, 4.69) is 5.16 Å². The normalized spacial score (nSPS) is 19.7. The molecular weight excluding hydrogens is 302 g/mol. The average Bonchev–Trinajstić information content (AvgIpc) is 3.01. The maximum absolute atomic E-state index is 11.5. The van der Waals surface area contributed by atoms with E-state index >= 15 is 0 Å². The molecule has 8 nitrogen and oxygen atoms in total. The Bertz CT molecular complexity index is 773. The van der Waals surface area contributed by atoms with Gasteiger partial charge >= 0.3 is 6.04 Å². The zero-order chi connectivity index (χ0) is 16.4. The molecule has 116 valence electrons. The van der Waals surface area contributed by atoms with Crippen LogP contribution in [0, 0.1) is 20.2 Å². The van der Waals surface area contributed by atoms with Gasteiger partial charge in [-0.2, -0.15) is 0 Å². The molecule has 3 rings (SSSR count). The topological polar surface area (TPSA) is 108 Å². The molecule has 1 aliphatic heterocycles. The predicted octanol–water partition coefficient (Wildman–Crippen LogP) is 2.72. The van der Waals surface area contributed by atoms with Crippen LogP contribution in [0.25, 0.3) is 0 Å². The first kappa shape index (κ1) is 14.6. The summed E-state index contributed by atoms with van der Waals surface area (Å²) in [6, 6.07) is 13.1. The second-order valence-corrected chi connectivity index (χ2v) is 4.95. The van der Waals surface area contributed by atoms with Gasteiger partial charge in [0.2, 0.25) is 6.10 Å². The number of non-ortho nitro benzene ring substituents is 1. The van der Waals surface area contributed by atoms with Gasteiger partial charge in [-0.1, -0.05) is 35.5 Å². The van der Waals surface area contributed by atoms with E-state index in [4.69, 9.17) is 4.84 Å². The van der Waals surface area contributed by atoms with Crippen molar-refractivity contribution < 1.29 is 14.7 Å². The number of nitro groups is 2. The van der Waals surface area contributed by atoms with E-state index in [1.54, 1.807) is 30.3 Å². The van der Waals surface area contributed by atoms with Gasteiger partial charge in [-0.3, -0.25) is 20.2 Å². The van der Waals surface area contributed by atoms with Gasteiger partial charge in [0.1, 0.15) is 0 Å². The third kappa shape index (κ3) is 2.73. The van der Waals surface area contributed by atoms with Crippen LogP contribution in [0.5, 0.6) is 0 Å². The molecule has 0 bridgehead atoms. The molecule has 2 aromatic rings. The highest BCUT2D eigenvalue weighted by Crippen LogP contribution is 2.32. The fourth-order valence-corrected chi connectivity index (χ4v) is 2.44. The van der Waals surface area contributed by atoms with Gasteiger partial charge in [-0.25, -0.2) is 0 Å². The SMILES string of the molecule is O=[N+]([O-])c1ccc([C@H]2ON=C(c3ccccc3)[C@@H]2[N+](=O)[O-])cc1. The van der Waals surface area contributed by atoms with Crippen molar-refractivity contribution in [2.24, 2.45) is 5.16 Å². The summed E-state index contributed by atoms with van der Waals surface area (Å²) in [5.41, 5.74) is 1.22. The molecule has 0 radical (unpaired) electrons. The third-order valence-electron chi connectivity index (χ3n) is 3.56. The highest BCUT2D eigenvalue weighted by molar-refractivity contribution is 6.04. The fourth-order valence-electron chi connectivity index (χ4n) is 2.44. The Kier molecular flexibility index (Phi) is 3.71. The summed E-state index contributed by atoms with van der Waals surface area (Å²) in [6.45, 7) is 0. The summed E-state index contributed by atoms with van der Waals surface area (Å²) in [6.07, 6.45) is -0.916. The summed E-state index contributed by atoms with van der Waals surface area (Å²) >= 11 is 0. The molecule has 2 aromatic carbocycles. The molecule has 1 aliphatic rings. The van der Waals surface area contributed by atoms with Crippen LogP contribution in [0.1, 0.15) is 17.2 Å². The summed E-state index contributed by atoms with van der Waals surface area (Å²) < 4.78 is 0. The van der Waals surface area contributed by atoms with Crippen LogP contribution in [0.2, 0.25) is 0 Å². The number of hydrogen-bond donors (Lipinski definition) is 0. The van der Waals surface area contributed by atoms with Crippen LogP contribution < -0.4 is 0 Å². The van der Waals surface area contributed by atoms with Crippen molar-refractivity contribution in [1.29, 1.82) is 0 Å². The van der Waals surface area contributed by atoms with E-state index in [9.17, 15) is 20.2 Å². The van der Waals surface area contributed by atoms with Crippen molar-refractivity contribution in [3.8, 4) is 0 Å². The van der Waals surface area contributed by atoms with Gasteiger partial charge in [0, 0.05) is 28.2 Å². The van der Waals surface area contributed by atoms with Crippen molar-refractivity contribution in [2.45, 2.75) is 12.1 Å². The van der Waals surface area contributed by atoms with Crippen LogP contribution >= 0.6 is 0 Å². The molecule has 2 atom stereocenters. The van der Waals surface area contributed by atoms with Gasteiger partial charge in [0.05, 0.1) is 4.92 Å². The first-order valence-corrected chi connectivity index (χ1v) is 6.75. The zero-order valence-corrected chi connectivity index (χ0v) is 11.7. The molecular formula is C15H11N3O5. The van der Waals surface area contributed by atoms with Crippen LogP contribution in [0.4, 0.5) is 5.69 Å². The van der Waals surface area contributed by atoms with E-state index < -0.39 is 22.0 Å². The van der Waals surface area contributed by atoms with Gasteiger partial charge in [-0.05, 0) is 12.1 Å². The second kappa shape index (κ2) is 5.84. The predicted molar refractivity (Wildman–Crippen MR) is 80.7 cm³/mol. The number of oxime groups is 1. The first-order valence-electron chi connectivity index (χ1n) is 6.75. The molecule has 0 saturated carbocycles. The molecule has 0 spiro atoms. The van der Waals surface area contributed by atoms with Crippen LogP contribution in [0.15, 0.2) is 59.8 Å². The Morgan fingerprint density at radius 2 is 1.61 bits per heavy atom. The van der Waals surface area contributed by atoms with Crippen molar-refractivity contribution >= 4 is 11.4 Å². The Balaban J connectivity index is 1.92. The van der Waals surface area contributed by atoms with Crippen molar-refractivity contribution in [3.63, 3.8) is 0 Å². The molecule has 0 N–H and O–H groups in total. The first-order chi connectivity index (χ1) is 11.1. The smallest absolute Gasteiger partial charge is 0.301 e. The summed E-state index contributed by atoms with van der Waals surface area (Å²) in [4.78, 5) is 26.4. The molecule has 0 aromatic heterocycles. The van der Waals surface area contributed by atoms with E-state index in [1.165, 1.54) is 24.3 Å². The standard InChI is InChI=1S/C15H11N3O5/c19-17(20)12-8-6-11(7-9-12)15-14(18(21)22)13(16-23-15)10-4-2-1-3-5-10/h1-9,14-15H/t14-,15+/m0/s1. The third-order valence-corrected chi connectivity index (χ3v) is 3.56. The summed E-state index contributed by atoms with van der Waals surface area (Å²) in [7, 11) is 0. The van der Waals surface area contributed by atoms with Crippen molar-refractivity contribution in [1.82, 2.24) is 0 Å². The molecule has 0 aliphatic carbocycles. The molecule has 1 heterocycles. The minimum absolute atomic E-state index is 0.0893. The zero-order valence-electron chi connectivity index (χ0n) is 11.7. The lowest BCUT2D eigenvalue weighted by Gasteiger charge is -2.12. The molecule has 0 amide bonds. The number of benzene rings is 2. The highest BCUT2D eigenvalue weighted by atomic mass is 16.7. The van der Waals surface area contributed by atoms with Crippen LogP contribution in [0.3, 0.4) is 0 Å². The Morgan fingerprint density at radius 3 is 2.17 bits per heavy atom. The lowest BCUT2D eigenvalue weighted by atomic mass is 9.95. The van der Waals surface area contributed by atoms with Gasteiger partial charge in [-0.15, -0.1) is 0 Å². The number of hydrogen-bond acceptors (Lipinski definition) is 6. The summed E-state index contributed by atoms with van der Waals surface area (Å²) in [5, 5.41) is 26.0. The Morgan fingerprint density at radius 1 is 0.957 bits per heavy atom. The van der Waals surface area contributed by atoms with Gasteiger partial charge in [0.25, 0.3) is 5.69 Å². The molecule has 0 unspecified atom stereocenters. The minimum Gasteiger partial charge on any atom is -0.379 e. The monoisotopic (exact) mass is 313 g/mol. The number of rotatable bonds is 4. The average molecular weight is 313 g/mol. The van der Waals surface area contributed by atoms with Crippen LogP contribution in [-0.4, -0.2) is 21.6 Å². The molecule has 0 fully saturated rings. The van der Waals surface area contributed by atoms with Crippen molar-refractivity contribution in [3.05, 3.63) is 86.0 Å².